The van der Waals surface area contributed by atoms with Crippen LogP contribution in [0.25, 0.3) is 0 Å². The van der Waals surface area contributed by atoms with E-state index in [0.29, 0.717) is 29.2 Å². The number of halogens is 2. The van der Waals surface area contributed by atoms with Crippen molar-refractivity contribution in [2.24, 2.45) is 11.8 Å². The maximum atomic E-state index is 13.7. The summed E-state index contributed by atoms with van der Waals surface area (Å²) in [5.41, 5.74) is 0.380. The van der Waals surface area contributed by atoms with Crippen molar-refractivity contribution in [3.8, 4) is 0 Å². The highest BCUT2D eigenvalue weighted by molar-refractivity contribution is 6.18. The third kappa shape index (κ3) is 3.10. The van der Waals surface area contributed by atoms with Gasteiger partial charge in [-0.15, -0.1) is 11.6 Å². The van der Waals surface area contributed by atoms with E-state index in [1.165, 1.54) is 25.6 Å². The van der Waals surface area contributed by atoms with Crippen LogP contribution in [0.15, 0.2) is 6.33 Å². The van der Waals surface area contributed by atoms with E-state index in [1.54, 1.807) is 6.92 Å². The van der Waals surface area contributed by atoms with E-state index in [9.17, 15) is 4.39 Å². The Hall–Kier alpha value is -0.900. The maximum absolute atomic E-state index is 13.7. The third-order valence-corrected chi connectivity index (χ3v) is 4.16. The molecular weight excluding hydrogens is 253 g/mol. The summed E-state index contributed by atoms with van der Waals surface area (Å²) >= 11 is 5.99. The molecule has 1 saturated carbocycles. The molecule has 18 heavy (non-hydrogen) atoms. The molecule has 0 spiro atoms. The first-order valence-electron chi connectivity index (χ1n) is 6.49. The molecule has 5 heteroatoms. The Labute approximate surface area is 112 Å². The van der Waals surface area contributed by atoms with Crippen LogP contribution < -0.4 is 5.32 Å². The molecule has 2 atom stereocenters. The third-order valence-electron chi connectivity index (χ3n) is 3.76. The van der Waals surface area contributed by atoms with Crippen LogP contribution in [0.2, 0.25) is 0 Å². The molecule has 0 saturated heterocycles. The van der Waals surface area contributed by atoms with E-state index in [0.717, 1.165) is 13.0 Å². The quantitative estimate of drug-likeness (QED) is 0.853. The first-order chi connectivity index (χ1) is 8.72. The molecule has 0 aliphatic heterocycles. The first kappa shape index (κ1) is 13.5. The fourth-order valence-corrected chi connectivity index (χ4v) is 2.97. The normalized spacial score (nSPS) is 23.9. The van der Waals surface area contributed by atoms with Crippen LogP contribution in [0.4, 0.5) is 10.2 Å². The number of nitrogens with one attached hydrogen (secondary N) is 1. The zero-order chi connectivity index (χ0) is 13.0. The minimum atomic E-state index is -0.351. The number of anilines is 1. The summed E-state index contributed by atoms with van der Waals surface area (Å²) in [4.78, 5) is 7.76. The Balaban J connectivity index is 1.96. The lowest BCUT2D eigenvalue weighted by Gasteiger charge is -2.30. The van der Waals surface area contributed by atoms with Gasteiger partial charge >= 0.3 is 0 Å². The fraction of sp³-hybridized carbons (Fsp3) is 0.692. The first-order valence-corrected chi connectivity index (χ1v) is 7.02. The standard InChI is InChI=1S/C13H19ClFN3/c1-9-12(15)13(18-8-17-9)16-7-11-5-3-2-4-10(11)6-14/h8,10-11H,2-7H2,1H3,(H,16,17,18). The molecule has 2 rings (SSSR count). The minimum absolute atomic E-state index is 0.307. The van der Waals surface area contributed by atoms with Gasteiger partial charge in [0.05, 0.1) is 5.69 Å². The predicted octanol–water partition coefficient (Wildman–Crippen LogP) is 3.38. The molecule has 1 aromatic rings. The molecule has 0 aromatic carbocycles. The predicted molar refractivity (Wildman–Crippen MR) is 71.4 cm³/mol. The SMILES string of the molecule is Cc1ncnc(NCC2CCCCC2CCl)c1F. The van der Waals surface area contributed by atoms with Crippen LogP contribution in [0.5, 0.6) is 0 Å². The van der Waals surface area contributed by atoms with Gasteiger partial charge in [0.1, 0.15) is 6.33 Å². The van der Waals surface area contributed by atoms with Gasteiger partial charge in [-0.3, -0.25) is 0 Å². The Morgan fingerprint density at radius 2 is 2.06 bits per heavy atom. The van der Waals surface area contributed by atoms with E-state index >= 15 is 0 Å². The summed E-state index contributed by atoms with van der Waals surface area (Å²) in [7, 11) is 0. The van der Waals surface area contributed by atoms with Gasteiger partial charge in [0, 0.05) is 12.4 Å². The number of hydrogen-bond acceptors (Lipinski definition) is 3. The number of aromatic nitrogens is 2. The fourth-order valence-electron chi connectivity index (χ4n) is 2.57. The second kappa shape index (κ2) is 6.32. The molecule has 1 aliphatic rings. The van der Waals surface area contributed by atoms with Crippen molar-refractivity contribution in [3.05, 3.63) is 17.8 Å². The highest BCUT2D eigenvalue weighted by Crippen LogP contribution is 2.31. The van der Waals surface area contributed by atoms with Gasteiger partial charge in [-0.05, 0) is 31.6 Å². The van der Waals surface area contributed by atoms with Crippen molar-refractivity contribution >= 4 is 17.4 Å². The minimum Gasteiger partial charge on any atom is -0.367 e. The molecule has 1 aliphatic carbocycles. The molecular formula is C13H19ClFN3. The van der Waals surface area contributed by atoms with Gasteiger partial charge in [-0.25, -0.2) is 14.4 Å². The van der Waals surface area contributed by atoms with Gasteiger partial charge in [0.25, 0.3) is 0 Å². The zero-order valence-corrected chi connectivity index (χ0v) is 11.4. The van der Waals surface area contributed by atoms with Crippen molar-refractivity contribution in [3.63, 3.8) is 0 Å². The zero-order valence-electron chi connectivity index (χ0n) is 10.6. The molecule has 1 heterocycles. The maximum Gasteiger partial charge on any atom is 0.186 e. The summed E-state index contributed by atoms with van der Waals surface area (Å²) in [5.74, 6) is 1.71. The van der Waals surface area contributed by atoms with E-state index < -0.39 is 0 Å². The van der Waals surface area contributed by atoms with Gasteiger partial charge < -0.3 is 5.32 Å². The Kier molecular flexibility index (Phi) is 4.75. The second-order valence-corrected chi connectivity index (χ2v) is 5.27. The van der Waals surface area contributed by atoms with Gasteiger partial charge in [-0.1, -0.05) is 12.8 Å². The van der Waals surface area contributed by atoms with Crippen LogP contribution in [-0.2, 0) is 0 Å². The van der Waals surface area contributed by atoms with Crippen molar-refractivity contribution in [1.29, 1.82) is 0 Å². The van der Waals surface area contributed by atoms with Crippen LogP contribution in [-0.4, -0.2) is 22.4 Å². The number of hydrogen-bond donors (Lipinski definition) is 1. The lowest BCUT2D eigenvalue weighted by Crippen LogP contribution is -2.28. The molecule has 1 N–H and O–H groups in total. The average Bonchev–Trinajstić information content (AvgIpc) is 2.41. The molecule has 0 bridgehead atoms. The number of nitrogens with zero attached hydrogens (tertiary/aromatic N) is 2. The molecule has 1 aromatic heterocycles. The lowest BCUT2D eigenvalue weighted by molar-refractivity contribution is 0.271. The monoisotopic (exact) mass is 271 g/mol. The summed E-state index contributed by atoms with van der Waals surface area (Å²) in [6.45, 7) is 2.38. The molecule has 0 amide bonds. The largest absolute Gasteiger partial charge is 0.367 e. The smallest absolute Gasteiger partial charge is 0.186 e. The summed E-state index contributed by atoms with van der Waals surface area (Å²) in [6, 6.07) is 0. The van der Waals surface area contributed by atoms with Crippen molar-refractivity contribution in [2.45, 2.75) is 32.6 Å². The number of aryl methyl sites for hydroxylation is 1. The number of rotatable bonds is 4. The average molecular weight is 272 g/mol. The van der Waals surface area contributed by atoms with Crippen LogP contribution in [0.1, 0.15) is 31.4 Å². The summed E-state index contributed by atoms with van der Waals surface area (Å²) < 4.78 is 13.7. The van der Waals surface area contributed by atoms with Crippen molar-refractivity contribution in [2.75, 3.05) is 17.7 Å². The van der Waals surface area contributed by atoms with E-state index in [4.69, 9.17) is 11.6 Å². The highest BCUT2D eigenvalue weighted by atomic mass is 35.5. The van der Waals surface area contributed by atoms with Gasteiger partial charge in [-0.2, -0.15) is 0 Å². The molecule has 1 fully saturated rings. The summed E-state index contributed by atoms with van der Waals surface area (Å²) in [6.07, 6.45) is 6.23. The van der Waals surface area contributed by atoms with Crippen molar-refractivity contribution < 1.29 is 4.39 Å². The highest BCUT2D eigenvalue weighted by Gasteiger charge is 2.24. The van der Waals surface area contributed by atoms with Crippen LogP contribution in [0, 0.1) is 24.6 Å². The molecule has 2 unspecified atom stereocenters. The van der Waals surface area contributed by atoms with Gasteiger partial charge in [0.15, 0.2) is 11.6 Å². The van der Waals surface area contributed by atoms with Crippen molar-refractivity contribution in [1.82, 2.24) is 9.97 Å². The Morgan fingerprint density at radius 3 is 2.78 bits per heavy atom. The Morgan fingerprint density at radius 1 is 1.33 bits per heavy atom. The Bertz CT molecular complexity index is 400. The summed E-state index contributed by atoms with van der Waals surface area (Å²) in [5, 5.41) is 3.10. The number of alkyl halides is 1. The lowest BCUT2D eigenvalue weighted by atomic mass is 9.80. The van der Waals surface area contributed by atoms with E-state index in [2.05, 4.69) is 15.3 Å². The van der Waals surface area contributed by atoms with E-state index in [1.807, 2.05) is 0 Å². The molecule has 3 nitrogen and oxygen atoms in total. The topological polar surface area (TPSA) is 37.8 Å². The van der Waals surface area contributed by atoms with Crippen LogP contribution in [0.3, 0.4) is 0 Å². The molecule has 100 valence electrons. The second-order valence-electron chi connectivity index (χ2n) is 4.96. The van der Waals surface area contributed by atoms with Crippen LogP contribution >= 0.6 is 11.6 Å². The van der Waals surface area contributed by atoms with E-state index in [-0.39, 0.29) is 5.82 Å². The van der Waals surface area contributed by atoms with Gasteiger partial charge in [0.2, 0.25) is 0 Å². The molecule has 0 radical (unpaired) electrons.